The number of allylic oxidation sites excluding steroid dienone is 1. The van der Waals surface area contributed by atoms with Gasteiger partial charge in [-0.25, -0.2) is 4.79 Å². The lowest BCUT2D eigenvalue weighted by Gasteiger charge is -2.15. The molecule has 1 heterocycles. The third kappa shape index (κ3) is 2.40. The number of nitrogens with zero attached hydrogens (tertiary/aromatic N) is 1. The standard InChI is InChI=1S/C9H16N2OS/c1-3-7(4-2)8-5-6-11(13-8)9(10)12/h5,7H,3-4,6H2,1-2H3,(H2,10,12). The van der Waals surface area contributed by atoms with Gasteiger partial charge in [-0.2, -0.15) is 0 Å². The van der Waals surface area contributed by atoms with Crippen molar-refractivity contribution in [2.45, 2.75) is 26.7 Å². The first-order chi connectivity index (χ1) is 6.19. The molecule has 0 fully saturated rings. The quantitative estimate of drug-likeness (QED) is 0.711. The maximum Gasteiger partial charge on any atom is 0.325 e. The minimum absolute atomic E-state index is 0.345. The molecule has 1 aliphatic heterocycles. The Balaban J connectivity index is 2.51. The lowest BCUT2D eigenvalue weighted by Crippen LogP contribution is -2.27. The maximum absolute atomic E-state index is 10.8. The lowest BCUT2D eigenvalue weighted by molar-refractivity contribution is 0.237. The fourth-order valence-electron chi connectivity index (χ4n) is 1.44. The fraction of sp³-hybridized carbons (Fsp3) is 0.667. The second kappa shape index (κ2) is 4.56. The number of hydrogen-bond acceptors (Lipinski definition) is 2. The summed E-state index contributed by atoms with van der Waals surface area (Å²) in [4.78, 5) is 12.1. The molecule has 2 amide bonds. The number of carbonyl (C=O) groups is 1. The van der Waals surface area contributed by atoms with Crippen LogP contribution in [-0.2, 0) is 0 Å². The van der Waals surface area contributed by atoms with E-state index in [1.165, 1.54) is 16.9 Å². The summed E-state index contributed by atoms with van der Waals surface area (Å²) in [6.45, 7) is 5.00. The highest BCUT2D eigenvalue weighted by Crippen LogP contribution is 2.35. The zero-order valence-electron chi connectivity index (χ0n) is 8.12. The first-order valence-electron chi connectivity index (χ1n) is 4.64. The van der Waals surface area contributed by atoms with E-state index in [0.29, 0.717) is 12.5 Å². The van der Waals surface area contributed by atoms with Crippen molar-refractivity contribution in [3.8, 4) is 0 Å². The predicted molar refractivity (Wildman–Crippen MR) is 56.0 cm³/mol. The van der Waals surface area contributed by atoms with Gasteiger partial charge in [-0.15, -0.1) is 0 Å². The van der Waals surface area contributed by atoms with E-state index in [-0.39, 0.29) is 6.03 Å². The molecule has 4 heteroatoms. The number of rotatable bonds is 3. The maximum atomic E-state index is 10.8. The fourth-order valence-corrected chi connectivity index (χ4v) is 2.57. The van der Waals surface area contributed by atoms with Crippen molar-refractivity contribution < 1.29 is 4.79 Å². The summed E-state index contributed by atoms with van der Waals surface area (Å²) in [5.74, 6) is 0.592. The SMILES string of the molecule is CCC(CC)C1=CCN(C(N)=O)S1. The van der Waals surface area contributed by atoms with Crippen LogP contribution in [0.25, 0.3) is 0 Å². The summed E-state index contributed by atoms with van der Waals surface area (Å²) >= 11 is 1.50. The predicted octanol–water partition coefficient (Wildman–Crippen LogP) is 2.35. The van der Waals surface area contributed by atoms with E-state index in [4.69, 9.17) is 5.73 Å². The van der Waals surface area contributed by atoms with Crippen LogP contribution in [0, 0.1) is 5.92 Å². The van der Waals surface area contributed by atoms with E-state index in [1.54, 1.807) is 4.31 Å². The van der Waals surface area contributed by atoms with Crippen LogP contribution in [0.5, 0.6) is 0 Å². The Morgan fingerprint density at radius 2 is 2.31 bits per heavy atom. The normalized spacial score (nSPS) is 16.5. The third-order valence-corrected chi connectivity index (χ3v) is 3.57. The van der Waals surface area contributed by atoms with E-state index in [1.807, 2.05) is 0 Å². The van der Waals surface area contributed by atoms with Crippen LogP contribution < -0.4 is 5.73 Å². The van der Waals surface area contributed by atoms with Crippen LogP contribution >= 0.6 is 11.9 Å². The highest BCUT2D eigenvalue weighted by molar-refractivity contribution is 8.01. The van der Waals surface area contributed by atoms with Gasteiger partial charge in [0.05, 0.1) is 6.54 Å². The minimum atomic E-state index is -0.345. The first-order valence-corrected chi connectivity index (χ1v) is 5.41. The van der Waals surface area contributed by atoms with Crippen LogP contribution in [0.4, 0.5) is 4.79 Å². The van der Waals surface area contributed by atoms with Crippen molar-refractivity contribution in [2.75, 3.05) is 6.54 Å². The number of nitrogens with two attached hydrogens (primary N) is 1. The molecule has 0 saturated heterocycles. The Labute approximate surface area is 83.5 Å². The number of urea groups is 1. The van der Waals surface area contributed by atoms with Crippen molar-refractivity contribution in [3.63, 3.8) is 0 Å². The number of amides is 2. The molecule has 0 atom stereocenters. The minimum Gasteiger partial charge on any atom is -0.351 e. The highest BCUT2D eigenvalue weighted by atomic mass is 32.2. The molecule has 13 heavy (non-hydrogen) atoms. The Kier molecular flexibility index (Phi) is 3.66. The van der Waals surface area contributed by atoms with Crippen molar-refractivity contribution >= 4 is 18.0 Å². The molecule has 0 saturated carbocycles. The monoisotopic (exact) mass is 200 g/mol. The van der Waals surface area contributed by atoms with Crippen molar-refractivity contribution in [1.29, 1.82) is 0 Å². The van der Waals surface area contributed by atoms with Gasteiger partial charge in [0.2, 0.25) is 0 Å². The number of hydrogen-bond donors (Lipinski definition) is 1. The highest BCUT2D eigenvalue weighted by Gasteiger charge is 2.22. The second-order valence-electron chi connectivity index (χ2n) is 3.11. The molecular weight excluding hydrogens is 184 g/mol. The van der Waals surface area contributed by atoms with Gasteiger partial charge in [0.15, 0.2) is 0 Å². The Bertz CT molecular complexity index is 224. The van der Waals surface area contributed by atoms with Gasteiger partial charge in [0.25, 0.3) is 0 Å². The first kappa shape index (κ1) is 10.4. The van der Waals surface area contributed by atoms with E-state index in [0.717, 1.165) is 12.8 Å². The van der Waals surface area contributed by atoms with E-state index >= 15 is 0 Å². The zero-order valence-corrected chi connectivity index (χ0v) is 8.93. The molecule has 0 aliphatic carbocycles. The lowest BCUT2D eigenvalue weighted by atomic mass is 10.0. The van der Waals surface area contributed by atoms with E-state index < -0.39 is 0 Å². The average Bonchev–Trinajstić information content (AvgIpc) is 2.56. The Morgan fingerprint density at radius 3 is 2.69 bits per heavy atom. The second-order valence-corrected chi connectivity index (χ2v) is 4.21. The molecule has 1 rings (SSSR count). The molecule has 3 nitrogen and oxygen atoms in total. The summed E-state index contributed by atoms with van der Waals surface area (Å²) in [7, 11) is 0. The molecule has 0 aromatic carbocycles. The van der Waals surface area contributed by atoms with Crippen LogP contribution in [0.3, 0.4) is 0 Å². The molecular formula is C9H16N2OS. The van der Waals surface area contributed by atoms with Crippen LogP contribution in [0.15, 0.2) is 11.0 Å². The zero-order chi connectivity index (χ0) is 9.84. The Hall–Kier alpha value is -0.640. The molecule has 0 aromatic rings. The van der Waals surface area contributed by atoms with E-state index in [2.05, 4.69) is 19.9 Å². The van der Waals surface area contributed by atoms with Gasteiger partial charge < -0.3 is 5.73 Å². The molecule has 0 bridgehead atoms. The summed E-state index contributed by atoms with van der Waals surface area (Å²) in [6.07, 6.45) is 4.36. The van der Waals surface area contributed by atoms with Crippen molar-refractivity contribution in [2.24, 2.45) is 11.7 Å². The van der Waals surface area contributed by atoms with Crippen molar-refractivity contribution in [1.82, 2.24) is 4.31 Å². The summed E-state index contributed by atoms with van der Waals surface area (Å²) in [5.41, 5.74) is 5.18. The molecule has 0 unspecified atom stereocenters. The smallest absolute Gasteiger partial charge is 0.325 e. The van der Waals surface area contributed by atoms with Crippen LogP contribution in [-0.4, -0.2) is 16.9 Å². The van der Waals surface area contributed by atoms with Crippen LogP contribution in [0.2, 0.25) is 0 Å². The van der Waals surface area contributed by atoms with Gasteiger partial charge in [-0.05, 0) is 30.7 Å². The molecule has 74 valence electrons. The largest absolute Gasteiger partial charge is 0.351 e. The molecule has 0 aromatic heterocycles. The van der Waals surface area contributed by atoms with E-state index in [9.17, 15) is 4.79 Å². The number of carbonyl (C=O) groups excluding carboxylic acids is 1. The van der Waals surface area contributed by atoms with Gasteiger partial charge in [-0.1, -0.05) is 19.9 Å². The average molecular weight is 200 g/mol. The summed E-state index contributed by atoms with van der Waals surface area (Å²) in [6, 6.07) is -0.345. The summed E-state index contributed by atoms with van der Waals surface area (Å²) in [5, 5.41) is 0. The Morgan fingerprint density at radius 1 is 1.69 bits per heavy atom. The summed E-state index contributed by atoms with van der Waals surface area (Å²) < 4.78 is 1.59. The molecule has 1 aliphatic rings. The topological polar surface area (TPSA) is 46.3 Å². The number of primary amides is 1. The van der Waals surface area contributed by atoms with Crippen molar-refractivity contribution in [3.05, 3.63) is 11.0 Å². The third-order valence-electron chi connectivity index (χ3n) is 2.31. The molecule has 0 spiro atoms. The van der Waals surface area contributed by atoms with Gasteiger partial charge in [0, 0.05) is 4.91 Å². The molecule has 2 N–H and O–H groups in total. The molecule has 0 radical (unpaired) electrons. The van der Waals surface area contributed by atoms with Gasteiger partial charge >= 0.3 is 6.03 Å². The van der Waals surface area contributed by atoms with Gasteiger partial charge in [0.1, 0.15) is 0 Å². The van der Waals surface area contributed by atoms with Crippen LogP contribution in [0.1, 0.15) is 26.7 Å². The van der Waals surface area contributed by atoms with Gasteiger partial charge in [-0.3, -0.25) is 4.31 Å².